The molecule has 3 aromatic carbocycles. The SMILES string of the molecule is C[C@@H](C(=O)Nc1ccc(N2CCOCC2)cc1)N(Cc1ccccc1F)C(=O)Cn1nnc2ccccc21. The van der Waals surface area contributed by atoms with Gasteiger partial charge in [-0.2, -0.15) is 0 Å². The molecule has 9 nitrogen and oxygen atoms in total. The summed E-state index contributed by atoms with van der Waals surface area (Å²) >= 11 is 0. The van der Waals surface area contributed by atoms with Gasteiger partial charge in [0.2, 0.25) is 11.8 Å². The lowest BCUT2D eigenvalue weighted by Gasteiger charge is -2.29. The minimum atomic E-state index is -0.879. The number of fused-ring (bicyclic) bond motifs is 1. The van der Waals surface area contributed by atoms with Gasteiger partial charge in [0.1, 0.15) is 23.9 Å². The first-order valence-corrected chi connectivity index (χ1v) is 12.5. The standard InChI is InChI=1S/C28H29FN6O3/c1-20(28(37)30-22-10-12-23(13-11-22)33-14-16-38-17-15-33)34(18-21-6-2-3-7-24(21)29)27(36)19-35-26-9-5-4-8-25(26)31-32-35/h2-13,20H,14-19H2,1H3,(H,30,37)/t20-/m0/s1. The van der Waals surface area contributed by atoms with Crippen LogP contribution in [0.25, 0.3) is 11.0 Å². The van der Waals surface area contributed by atoms with E-state index in [9.17, 15) is 14.0 Å². The van der Waals surface area contributed by atoms with E-state index in [-0.39, 0.29) is 24.9 Å². The number of para-hydroxylation sites is 1. The number of morpholine rings is 1. The van der Waals surface area contributed by atoms with Crippen LogP contribution in [-0.4, -0.2) is 64.1 Å². The number of rotatable bonds is 8. The Morgan fingerprint density at radius 3 is 2.50 bits per heavy atom. The van der Waals surface area contributed by atoms with Crippen molar-refractivity contribution in [3.63, 3.8) is 0 Å². The number of hydrogen-bond acceptors (Lipinski definition) is 6. The molecular formula is C28H29FN6O3. The van der Waals surface area contributed by atoms with Gasteiger partial charge in [0, 0.05) is 36.6 Å². The Labute approximate surface area is 219 Å². The number of benzene rings is 3. The van der Waals surface area contributed by atoms with Gasteiger partial charge in [0.05, 0.1) is 18.7 Å². The molecule has 4 aromatic rings. The second-order valence-electron chi connectivity index (χ2n) is 9.16. The van der Waals surface area contributed by atoms with E-state index in [0.717, 1.165) is 18.8 Å². The first kappa shape index (κ1) is 25.3. The van der Waals surface area contributed by atoms with Gasteiger partial charge in [-0.3, -0.25) is 9.59 Å². The van der Waals surface area contributed by atoms with E-state index in [4.69, 9.17) is 4.74 Å². The van der Waals surface area contributed by atoms with Gasteiger partial charge in [-0.1, -0.05) is 35.5 Å². The Bertz CT molecular complexity index is 1420. The van der Waals surface area contributed by atoms with E-state index in [0.29, 0.717) is 35.5 Å². The molecule has 1 atom stereocenters. The summed E-state index contributed by atoms with van der Waals surface area (Å²) < 4.78 is 21.4. The second-order valence-corrected chi connectivity index (χ2v) is 9.16. The number of hydrogen-bond donors (Lipinski definition) is 1. The molecule has 0 aliphatic carbocycles. The third-order valence-corrected chi connectivity index (χ3v) is 6.68. The van der Waals surface area contributed by atoms with E-state index in [1.54, 1.807) is 31.2 Å². The largest absolute Gasteiger partial charge is 0.378 e. The Morgan fingerprint density at radius 2 is 1.74 bits per heavy atom. The fourth-order valence-corrected chi connectivity index (χ4v) is 4.47. The number of anilines is 2. The number of ether oxygens (including phenoxy) is 1. The first-order valence-electron chi connectivity index (χ1n) is 12.5. The highest BCUT2D eigenvalue weighted by atomic mass is 19.1. The molecule has 1 aliphatic rings. The van der Waals surface area contributed by atoms with Crippen molar-refractivity contribution in [3.05, 3.63) is 84.2 Å². The molecule has 1 fully saturated rings. The van der Waals surface area contributed by atoms with Crippen molar-refractivity contribution in [2.45, 2.75) is 26.1 Å². The Hall–Kier alpha value is -4.31. The molecule has 2 amide bonds. The summed E-state index contributed by atoms with van der Waals surface area (Å²) in [7, 11) is 0. The van der Waals surface area contributed by atoms with Crippen LogP contribution in [0.5, 0.6) is 0 Å². The summed E-state index contributed by atoms with van der Waals surface area (Å²) in [6.07, 6.45) is 0. The topological polar surface area (TPSA) is 92.6 Å². The molecule has 0 unspecified atom stereocenters. The van der Waals surface area contributed by atoms with Crippen LogP contribution in [0.2, 0.25) is 0 Å². The molecule has 1 saturated heterocycles. The predicted octanol–water partition coefficient (Wildman–Crippen LogP) is 3.46. The van der Waals surface area contributed by atoms with Crippen LogP contribution in [-0.2, 0) is 27.4 Å². The fourth-order valence-electron chi connectivity index (χ4n) is 4.47. The van der Waals surface area contributed by atoms with Crippen molar-refractivity contribution < 1.29 is 18.7 Å². The van der Waals surface area contributed by atoms with Crippen LogP contribution in [0.15, 0.2) is 72.8 Å². The molecule has 2 heterocycles. The average molecular weight is 517 g/mol. The number of carbonyl (C=O) groups excluding carboxylic acids is 2. The monoisotopic (exact) mass is 516 g/mol. The number of amides is 2. The number of nitrogens with one attached hydrogen (secondary N) is 1. The van der Waals surface area contributed by atoms with Crippen molar-refractivity contribution >= 4 is 34.2 Å². The van der Waals surface area contributed by atoms with Crippen LogP contribution in [0.4, 0.5) is 15.8 Å². The molecule has 0 saturated carbocycles. The number of halogens is 1. The maximum absolute atomic E-state index is 14.5. The van der Waals surface area contributed by atoms with Crippen LogP contribution >= 0.6 is 0 Å². The molecule has 5 rings (SSSR count). The van der Waals surface area contributed by atoms with Crippen molar-refractivity contribution in [2.24, 2.45) is 0 Å². The van der Waals surface area contributed by atoms with E-state index in [1.165, 1.54) is 15.6 Å². The molecule has 196 valence electrons. The summed E-state index contributed by atoms with van der Waals surface area (Å²) in [6.45, 7) is 4.44. The molecule has 1 aromatic heterocycles. The lowest BCUT2D eigenvalue weighted by molar-refractivity contribution is -0.139. The highest BCUT2D eigenvalue weighted by Crippen LogP contribution is 2.20. The molecule has 1 aliphatic heterocycles. The van der Waals surface area contributed by atoms with Gasteiger partial charge >= 0.3 is 0 Å². The van der Waals surface area contributed by atoms with Crippen LogP contribution in [0.1, 0.15) is 12.5 Å². The summed E-state index contributed by atoms with van der Waals surface area (Å²) in [5.74, 6) is -1.20. The molecule has 0 spiro atoms. The third kappa shape index (κ3) is 5.65. The maximum Gasteiger partial charge on any atom is 0.246 e. The highest BCUT2D eigenvalue weighted by Gasteiger charge is 2.28. The highest BCUT2D eigenvalue weighted by molar-refractivity contribution is 5.97. The minimum Gasteiger partial charge on any atom is -0.378 e. The summed E-state index contributed by atoms with van der Waals surface area (Å²) in [5.41, 5.74) is 3.34. The van der Waals surface area contributed by atoms with Crippen molar-refractivity contribution in [3.8, 4) is 0 Å². The zero-order valence-electron chi connectivity index (χ0n) is 21.1. The molecule has 0 radical (unpaired) electrons. The van der Waals surface area contributed by atoms with Gasteiger partial charge in [-0.05, 0) is 49.4 Å². The number of aromatic nitrogens is 3. The zero-order chi connectivity index (χ0) is 26.5. The minimum absolute atomic E-state index is 0.0668. The van der Waals surface area contributed by atoms with E-state index in [2.05, 4.69) is 20.5 Å². The number of carbonyl (C=O) groups is 2. The normalized spacial score (nSPS) is 14.3. The van der Waals surface area contributed by atoms with Gasteiger partial charge in [0.25, 0.3) is 0 Å². The quantitative estimate of drug-likeness (QED) is 0.386. The van der Waals surface area contributed by atoms with Gasteiger partial charge in [-0.15, -0.1) is 5.10 Å². The second kappa shape index (κ2) is 11.4. The van der Waals surface area contributed by atoms with E-state index < -0.39 is 11.9 Å². The summed E-state index contributed by atoms with van der Waals surface area (Å²) in [4.78, 5) is 30.4. The molecular weight excluding hydrogens is 487 g/mol. The zero-order valence-corrected chi connectivity index (χ0v) is 21.1. The van der Waals surface area contributed by atoms with Crippen molar-refractivity contribution in [1.82, 2.24) is 19.9 Å². The van der Waals surface area contributed by atoms with Gasteiger partial charge < -0.3 is 19.9 Å². The first-order chi connectivity index (χ1) is 18.5. The Morgan fingerprint density at radius 1 is 1.03 bits per heavy atom. The van der Waals surface area contributed by atoms with E-state index in [1.807, 2.05) is 42.5 Å². The van der Waals surface area contributed by atoms with Crippen LogP contribution < -0.4 is 10.2 Å². The van der Waals surface area contributed by atoms with Gasteiger partial charge in [-0.25, -0.2) is 9.07 Å². The van der Waals surface area contributed by atoms with E-state index >= 15 is 0 Å². The number of nitrogens with zero attached hydrogens (tertiary/aromatic N) is 5. The third-order valence-electron chi connectivity index (χ3n) is 6.68. The summed E-state index contributed by atoms with van der Waals surface area (Å²) in [6, 6.07) is 20.2. The van der Waals surface area contributed by atoms with Crippen molar-refractivity contribution in [1.29, 1.82) is 0 Å². The smallest absolute Gasteiger partial charge is 0.246 e. The Kier molecular flexibility index (Phi) is 7.60. The van der Waals surface area contributed by atoms with Crippen LogP contribution in [0, 0.1) is 5.82 Å². The fraction of sp³-hybridized carbons (Fsp3) is 0.286. The Balaban J connectivity index is 1.33. The molecule has 0 bridgehead atoms. The average Bonchev–Trinajstić information content (AvgIpc) is 3.35. The lowest BCUT2D eigenvalue weighted by Crippen LogP contribution is -2.46. The van der Waals surface area contributed by atoms with Crippen LogP contribution in [0.3, 0.4) is 0 Å². The molecule has 1 N–H and O–H groups in total. The molecule has 10 heteroatoms. The molecule has 38 heavy (non-hydrogen) atoms. The summed E-state index contributed by atoms with van der Waals surface area (Å²) in [5, 5.41) is 11.1. The predicted molar refractivity (Wildman–Crippen MR) is 142 cm³/mol. The van der Waals surface area contributed by atoms with Crippen molar-refractivity contribution in [2.75, 3.05) is 36.5 Å². The van der Waals surface area contributed by atoms with Gasteiger partial charge in [0.15, 0.2) is 0 Å². The maximum atomic E-state index is 14.5. The lowest BCUT2D eigenvalue weighted by atomic mass is 10.1.